The molecule has 0 spiro atoms. The van der Waals surface area contributed by atoms with E-state index < -0.39 is 17.7 Å². The van der Waals surface area contributed by atoms with Crippen molar-refractivity contribution >= 4 is 11.8 Å². The summed E-state index contributed by atoms with van der Waals surface area (Å²) in [7, 11) is 0. The highest BCUT2D eigenvalue weighted by Crippen LogP contribution is 2.23. The molecule has 1 aromatic carbocycles. The van der Waals surface area contributed by atoms with Crippen LogP contribution in [-0.4, -0.2) is 11.9 Å². The van der Waals surface area contributed by atoms with E-state index in [1.54, 1.807) is 6.07 Å². The number of benzene rings is 1. The van der Waals surface area contributed by atoms with Crippen LogP contribution in [0.1, 0.15) is 5.56 Å². The fraction of sp³-hybridized carbons (Fsp3) is 0.333. The average Bonchev–Trinajstić information content (AvgIpc) is 2.01. The van der Waals surface area contributed by atoms with Gasteiger partial charge in [-0.2, -0.15) is 13.2 Å². The molecule has 0 fully saturated rings. The second-order valence-corrected chi connectivity index (χ2v) is 3.72. The summed E-state index contributed by atoms with van der Waals surface area (Å²) in [5, 5.41) is 0. The zero-order chi connectivity index (χ0) is 10.6. The van der Waals surface area contributed by atoms with Crippen LogP contribution in [0.3, 0.4) is 0 Å². The molecule has 14 heavy (non-hydrogen) atoms. The summed E-state index contributed by atoms with van der Waals surface area (Å²) < 4.78 is 47.8. The molecule has 1 rings (SSSR count). The highest BCUT2D eigenvalue weighted by atomic mass is 32.2. The lowest BCUT2D eigenvalue weighted by molar-refractivity contribution is -0.105. The molecule has 0 nitrogen and oxygen atoms in total. The van der Waals surface area contributed by atoms with Crippen molar-refractivity contribution in [2.75, 3.05) is 5.75 Å². The summed E-state index contributed by atoms with van der Waals surface area (Å²) in [5.74, 6) is -1.14. The van der Waals surface area contributed by atoms with Gasteiger partial charge < -0.3 is 0 Å². The highest BCUT2D eigenvalue weighted by molar-refractivity contribution is 7.98. The smallest absolute Gasteiger partial charge is 0.207 e. The minimum atomic E-state index is -4.15. The van der Waals surface area contributed by atoms with Crippen molar-refractivity contribution in [2.45, 2.75) is 11.9 Å². The third-order valence-electron chi connectivity index (χ3n) is 1.42. The minimum absolute atomic E-state index is 0.178. The molecule has 0 heterocycles. The van der Waals surface area contributed by atoms with Crippen LogP contribution in [0.5, 0.6) is 0 Å². The van der Waals surface area contributed by atoms with Crippen molar-refractivity contribution in [3.8, 4) is 0 Å². The number of hydrogen-bond acceptors (Lipinski definition) is 1. The summed E-state index contributed by atoms with van der Waals surface area (Å²) in [6, 6.07) is 5.59. The Morgan fingerprint density at radius 2 is 1.93 bits per heavy atom. The van der Waals surface area contributed by atoms with Crippen molar-refractivity contribution in [3.63, 3.8) is 0 Å². The SMILES string of the molecule is Fc1cccc(CSCC(F)(F)F)c1. The van der Waals surface area contributed by atoms with Crippen LogP contribution in [0.4, 0.5) is 17.6 Å². The average molecular weight is 224 g/mol. The summed E-state index contributed by atoms with van der Waals surface area (Å²) in [4.78, 5) is 0. The molecule has 0 unspecified atom stereocenters. The molecule has 0 atom stereocenters. The Kier molecular flexibility index (Phi) is 3.80. The maximum atomic E-state index is 12.6. The normalized spacial score (nSPS) is 11.7. The lowest BCUT2D eigenvalue weighted by Gasteiger charge is -2.05. The van der Waals surface area contributed by atoms with Gasteiger partial charge in [-0.1, -0.05) is 12.1 Å². The van der Waals surface area contributed by atoms with E-state index in [0.29, 0.717) is 5.56 Å². The van der Waals surface area contributed by atoms with Crippen LogP contribution >= 0.6 is 11.8 Å². The van der Waals surface area contributed by atoms with Gasteiger partial charge in [0, 0.05) is 5.75 Å². The summed E-state index contributed by atoms with van der Waals surface area (Å²) >= 11 is 0.730. The van der Waals surface area contributed by atoms with Gasteiger partial charge in [-0.3, -0.25) is 0 Å². The first-order valence-corrected chi connectivity index (χ1v) is 5.02. The Labute approximate surface area is 83.3 Å². The van der Waals surface area contributed by atoms with Crippen molar-refractivity contribution in [1.82, 2.24) is 0 Å². The van der Waals surface area contributed by atoms with Crippen molar-refractivity contribution in [2.24, 2.45) is 0 Å². The molecule has 0 radical (unpaired) electrons. The van der Waals surface area contributed by atoms with Gasteiger partial charge in [0.15, 0.2) is 0 Å². The van der Waals surface area contributed by atoms with Crippen LogP contribution in [-0.2, 0) is 5.75 Å². The molecule has 0 saturated carbocycles. The van der Waals surface area contributed by atoms with E-state index in [2.05, 4.69) is 0 Å². The molecule has 0 aliphatic rings. The molecule has 0 N–H and O–H groups in total. The van der Waals surface area contributed by atoms with Crippen molar-refractivity contribution < 1.29 is 17.6 Å². The van der Waals surface area contributed by atoms with E-state index >= 15 is 0 Å². The standard InChI is InChI=1S/C9H8F4S/c10-8-3-1-2-7(4-8)5-14-6-9(11,12)13/h1-4H,5-6H2. The van der Waals surface area contributed by atoms with E-state index in [1.165, 1.54) is 18.2 Å². The Bertz CT molecular complexity index is 295. The summed E-state index contributed by atoms with van der Waals surface area (Å²) in [6.07, 6.45) is -4.15. The number of thioether (sulfide) groups is 1. The maximum absolute atomic E-state index is 12.6. The zero-order valence-electron chi connectivity index (χ0n) is 7.14. The van der Waals surface area contributed by atoms with Gasteiger partial charge in [-0.25, -0.2) is 4.39 Å². The lowest BCUT2D eigenvalue weighted by Crippen LogP contribution is -2.10. The number of hydrogen-bond donors (Lipinski definition) is 0. The van der Waals surface area contributed by atoms with E-state index in [9.17, 15) is 17.6 Å². The third kappa shape index (κ3) is 4.50. The van der Waals surface area contributed by atoms with Crippen LogP contribution in [0, 0.1) is 5.82 Å². The molecular weight excluding hydrogens is 216 g/mol. The van der Waals surface area contributed by atoms with Gasteiger partial charge in [0.2, 0.25) is 0 Å². The van der Waals surface area contributed by atoms with E-state index in [0.717, 1.165) is 11.8 Å². The van der Waals surface area contributed by atoms with Crippen LogP contribution in [0.15, 0.2) is 24.3 Å². The van der Waals surface area contributed by atoms with Gasteiger partial charge in [0.05, 0.1) is 5.75 Å². The maximum Gasteiger partial charge on any atom is 0.397 e. The molecule has 0 bridgehead atoms. The Hall–Kier alpha value is -0.710. The second kappa shape index (κ2) is 4.68. The molecule has 0 aromatic heterocycles. The Balaban J connectivity index is 2.39. The number of rotatable bonds is 3. The van der Waals surface area contributed by atoms with Gasteiger partial charge in [-0.05, 0) is 17.7 Å². The number of alkyl halides is 3. The van der Waals surface area contributed by atoms with Gasteiger partial charge in [0.25, 0.3) is 0 Å². The quantitative estimate of drug-likeness (QED) is 0.706. The first-order valence-electron chi connectivity index (χ1n) is 3.86. The van der Waals surface area contributed by atoms with Gasteiger partial charge in [0.1, 0.15) is 5.82 Å². The predicted molar refractivity (Wildman–Crippen MR) is 48.6 cm³/mol. The lowest BCUT2D eigenvalue weighted by atomic mass is 10.2. The molecule has 0 saturated heterocycles. The molecular formula is C9H8F4S. The molecule has 5 heteroatoms. The van der Waals surface area contributed by atoms with Crippen molar-refractivity contribution in [3.05, 3.63) is 35.6 Å². The topological polar surface area (TPSA) is 0 Å². The molecule has 1 aromatic rings. The first-order chi connectivity index (χ1) is 6.47. The predicted octanol–water partition coefficient (Wildman–Crippen LogP) is 3.62. The highest BCUT2D eigenvalue weighted by Gasteiger charge is 2.26. The third-order valence-corrected chi connectivity index (χ3v) is 2.49. The molecule has 78 valence electrons. The van der Waals surface area contributed by atoms with E-state index in [4.69, 9.17) is 0 Å². The molecule has 0 amide bonds. The van der Waals surface area contributed by atoms with E-state index in [-0.39, 0.29) is 5.75 Å². The Morgan fingerprint density at radius 3 is 2.50 bits per heavy atom. The monoisotopic (exact) mass is 224 g/mol. The van der Waals surface area contributed by atoms with E-state index in [1.807, 2.05) is 0 Å². The molecule has 0 aliphatic heterocycles. The Morgan fingerprint density at radius 1 is 1.21 bits per heavy atom. The summed E-state index contributed by atoms with van der Waals surface area (Å²) in [6.45, 7) is 0. The van der Waals surface area contributed by atoms with Crippen LogP contribution < -0.4 is 0 Å². The number of halogens is 4. The first kappa shape index (κ1) is 11.4. The van der Waals surface area contributed by atoms with Gasteiger partial charge in [-0.15, -0.1) is 11.8 Å². The van der Waals surface area contributed by atoms with Crippen LogP contribution in [0.25, 0.3) is 0 Å². The fourth-order valence-corrected chi connectivity index (χ4v) is 1.66. The van der Waals surface area contributed by atoms with Gasteiger partial charge >= 0.3 is 6.18 Å². The fourth-order valence-electron chi connectivity index (χ4n) is 0.911. The second-order valence-electron chi connectivity index (χ2n) is 2.74. The minimum Gasteiger partial charge on any atom is -0.207 e. The summed E-state index contributed by atoms with van der Waals surface area (Å²) in [5.41, 5.74) is 0.569. The largest absolute Gasteiger partial charge is 0.397 e. The molecule has 0 aliphatic carbocycles. The van der Waals surface area contributed by atoms with Crippen molar-refractivity contribution in [1.29, 1.82) is 0 Å². The van der Waals surface area contributed by atoms with Crippen LogP contribution in [0.2, 0.25) is 0 Å². The zero-order valence-corrected chi connectivity index (χ0v) is 7.96.